The number of aryl methyl sites for hydroxylation is 1. The van der Waals surface area contributed by atoms with Crippen molar-refractivity contribution in [3.05, 3.63) is 17.5 Å². The third kappa shape index (κ3) is 2.12. The van der Waals surface area contributed by atoms with E-state index in [1.807, 2.05) is 17.9 Å². The van der Waals surface area contributed by atoms with Crippen LogP contribution in [0.5, 0.6) is 0 Å². The van der Waals surface area contributed by atoms with Crippen molar-refractivity contribution < 1.29 is 0 Å². The summed E-state index contributed by atoms with van der Waals surface area (Å²) in [5.41, 5.74) is 2.35. The number of rotatable bonds is 1. The third-order valence-electron chi connectivity index (χ3n) is 1.91. The van der Waals surface area contributed by atoms with Crippen LogP contribution in [0.15, 0.2) is 6.20 Å². The van der Waals surface area contributed by atoms with Gasteiger partial charge in [0.15, 0.2) is 0 Å². The van der Waals surface area contributed by atoms with Gasteiger partial charge in [0, 0.05) is 30.6 Å². The number of hydrogen-bond acceptors (Lipinski definition) is 1. The molecule has 0 spiro atoms. The molecule has 0 atom stereocenters. The van der Waals surface area contributed by atoms with Crippen LogP contribution in [0.25, 0.3) is 0 Å². The van der Waals surface area contributed by atoms with Gasteiger partial charge in [0.2, 0.25) is 0 Å². The second kappa shape index (κ2) is 3.26. The second-order valence-electron chi connectivity index (χ2n) is 4.31. The summed E-state index contributed by atoms with van der Waals surface area (Å²) in [7, 11) is 1.93. The lowest BCUT2D eigenvalue weighted by molar-refractivity contribution is 0.549. The smallest absolute Gasteiger partial charge is 0.0719 e. The molecule has 0 aliphatic heterocycles. The molecular weight excluding hydrogens is 160 g/mol. The van der Waals surface area contributed by atoms with Gasteiger partial charge in [0.25, 0.3) is 0 Å². The van der Waals surface area contributed by atoms with Gasteiger partial charge in [-0.2, -0.15) is 5.10 Å². The molecule has 0 aliphatic rings. The van der Waals surface area contributed by atoms with Crippen molar-refractivity contribution in [2.45, 2.75) is 32.6 Å². The molecule has 0 N–H and O–H groups in total. The molecule has 1 aromatic rings. The predicted octanol–water partition coefficient (Wildman–Crippen LogP) is 1.89. The molecule has 0 saturated heterocycles. The van der Waals surface area contributed by atoms with Crippen LogP contribution in [0.4, 0.5) is 0 Å². The molecule has 0 amide bonds. The third-order valence-corrected chi connectivity index (χ3v) is 1.91. The lowest BCUT2D eigenvalue weighted by Gasteiger charge is -2.16. The van der Waals surface area contributed by atoms with Crippen LogP contribution in [0.3, 0.4) is 0 Å². The largest absolute Gasteiger partial charge is 0.275 e. The van der Waals surface area contributed by atoms with E-state index in [9.17, 15) is 0 Å². The summed E-state index contributed by atoms with van der Waals surface area (Å²) in [5.74, 6) is 2.66. The number of terminal acetylenes is 1. The average molecular weight is 176 g/mol. The summed E-state index contributed by atoms with van der Waals surface area (Å²) in [6.45, 7) is 6.44. The van der Waals surface area contributed by atoms with Crippen molar-refractivity contribution in [3.63, 3.8) is 0 Å². The highest BCUT2D eigenvalue weighted by atomic mass is 15.3. The Balaban J connectivity index is 3.13. The monoisotopic (exact) mass is 176 g/mol. The Morgan fingerprint density at radius 2 is 2.15 bits per heavy atom. The van der Waals surface area contributed by atoms with E-state index in [2.05, 4.69) is 31.8 Å². The highest BCUT2D eigenvalue weighted by Gasteiger charge is 2.20. The van der Waals surface area contributed by atoms with Crippen LogP contribution >= 0.6 is 0 Å². The Hall–Kier alpha value is -1.23. The standard InChI is InChI=1S/C11H16N2/c1-6-7-9-8-13(5)12-10(9)11(2,3)4/h1,8H,7H2,2-5H3. The molecule has 1 rings (SSSR count). The molecule has 70 valence electrons. The molecule has 1 heterocycles. The van der Waals surface area contributed by atoms with Gasteiger partial charge in [0.05, 0.1) is 5.69 Å². The fourth-order valence-electron chi connectivity index (χ4n) is 1.41. The molecule has 0 aromatic carbocycles. The topological polar surface area (TPSA) is 17.8 Å². The first-order valence-electron chi connectivity index (χ1n) is 4.41. The summed E-state index contributed by atoms with van der Waals surface area (Å²) in [6.07, 6.45) is 7.96. The maximum atomic E-state index is 5.29. The van der Waals surface area contributed by atoms with Gasteiger partial charge in [0.1, 0.15) is 0 Å². The van der Waals surface area contributed by atoms with E-state index in [0.29, 0.717) is 6.42 Å². The summed E-state index contributed by atoms with van der Waals surface area (Å²) in [5, 5.41) is 4.42. The van der Waals surface area contributed by atoms with E-state index in [1.54, 1.807) is 0 Å². The Kier molecular flexibility index (Phi) is 2.47. The van der Waals surface area contributed by atoms with E-state index in [0.717, 1.165) is 11.3 Å². The van der Waals surface area contributed by atoms with Crippen LogP contribution in [0.2, 0.25) is 0 Å². The summed E-state index contributed by atoms with van der Waals surface area (Å²) in [6, 6.07) is 0. The maximum Gasteiger partial charge on any atom is 0.0719 e. The van der Waals surface area contributed by atoms with Gasteiger partial charge in [-0.15, -0.1) is 12.3 Å². The van der Waals surface area contributed by atoms with E-state index < -0.39 is 0 Å². The number of aromatic nitrogens is 2. The van der Waals surface area contributed by atoms with Crippen LogP contribution < -0.4 is 0 Å². The van der Waals surface area contributed by atoms with E-state index >= 15 is 0 Å². The second-order valence-corrected chi connectivity index (χ2v) is 4.31. The minimum atomic E-state index is 0.0768. The molecule has 0 saturated carbocycles. The highest BCUT2D eigenvalue weighted by molar-refractivity contribution is 5.27. The van der Waals surface area contributed by atoms with E-state index in [4.69, 9.17) is 6.42 Å². The quantitative estimate of drug-likeness (QED) is 0.597. The Morgan fingerprint density at radius 3 is 2.62 bits per heavy atom. The van der Waals surface area contributed by atoms with Crippen molar-refractivity contribution in [2.24, 2.45) is 7.05 Å². The molecule has 13 heavy (non-hydrogen) atoms. The van der Waals surface area contributed by atoms with Crippen molar-refractivity contribution in [2.75, 3.05) is 0 Å². The fraction of sp³-hybridized carbons (Fsp3) is 0.545. The minimum absolute atomic E-state index is 0.0768. The average Bonchev–Trinajstić information content (AvgIpc) is 2.30. The zero-order valence-electron chi connectivity index (χ0n) is 8.76. The van der Waals surface area contributed by atoms with Crippen LogP contribution in [-0.4, -0.2) is 9.78 Å². The lowest BCUT2D eigenvalue weighted by atomic mass is 9.89. The van der Waals surface area contributed by atoms with Gasteiger partial charge in [-0.25, -0.2) is 0 Å². The van der Waals surface area contributed by atoms with E-state index in [1.165, 1.54) is 0 Å². The first-order chi connectivity index (χ1) is 5.95. The Bertz CT molecular complexity index is 334. The molecule has 0 aliphatic carbocycles. The molecule has 0 bridgehead atoms. The molecule has 0 radical (unpaired) electrons. The summed E-state index contributed by atoms with van der Waals surface area (Å²) in [4.78, 5) is 0. The van der Waals surface area contributed by atoms with Gasteiger partial charge < -0.3 is 0 Å². The molecule has 2 heteroatoms. The first-order valence-corrected chi connectivity index (χ1v) is 4.41. The van der Waals surface area contributed by atoms with Crippen molar-refractivity contribution in [3.8, 4) is 12.3 Å². The Labute approximate surface area is 80.0 Å². The SMILES string of the molecule is C#CCc1cn(C)nc1C(C)(C)C. The van der Waals surface area contributed by atoms with Gasteiger partial charge in [-0.05, 0) is 0 Å². The Morgan fingerprint density at radius 1 is 1.54 bits per heavy atom. The van der Waals surface area contributed by atoms with Crippen molar-refractivity contribution in [1.82, 2.24) is 9.78 Å². The highest BCUT2D eigenvalue weighted by Crippen LogP contribution is 2.24. The number of nitrogens with zero attached hydrogens (tertiary/aromatic N) is 2. The zero-order chi connectivity index (χ0) is 10.1. The van der Waals surface area contributed by atoms with E-state index in [-0.39, 0.29) is 5.41 Å². The van der Waals surface area contributed by atoms with Crippen LogP contribution in [0, 0.1) is 12.3 Å². The predicted molar refractivity (Wildman–Crippen MR) is 54.4 cm³/mol. The summed E-state index contributed by atoms with van der Waals surface area (Å²) >= 11 is 0. The van der Waals surface area contributed by atoms with Gasteiger partial charge in [-0.3, -0.25) is 4.68 Å². The number of hydrogen-bond donors (Lipinski definition) is 0. The summed E-state index contributed by atoms with van der Waals surface area (Å²) < 4.78 is 1.83. The van der Waals surface area contributed by atoms with Gasteiger partial charge in [-0.1, -0.05) is 20.8 Å². The molecular formula is C11H16N2. The molecule has 0 unspecified atom stereocenters. The van der Waals surface area contributed by atoms with Gasteiger partial charge >= 0.3 is 0 Å². The molecule has 0 fully saturated rings. The van der Waals surface area contributed by atoms with Crippen LogP contribution in [-0.2, 0) is 18.9 Å². The fourth-order valence-corrected chi connectivity index (χ4v) is 1.41. The maximum absolute atomic E-state index is 5.29. The van der Waals surface area contributed by atoms with Crippen LogP contribution in [0.1, 0.15) is 32.0 Å². The minimum Gasteiger partial charge on any atom is -0.275 e. The van der Waals surface area contributed by atoms with Crippen molar-refractivity contribution in [1.29, 1.82) is 0 Å². The lowest BCUT2D eigenvalue weighted by Crippen LogP contribution is -2.14. The van der Waals surface area contributed by atoms with Crippen molar-refractivity contribution >= 4 is 0 Å². The zero-order valence-corrected chi connectivity index (χ0v) is 8.76. The normalized spacial score (nSPS) is 11.3. The molecule has 1 aromatic heterocycles. The molecule has 2 nitrogen and oxygen atoms in total. The first kappa shape index (κ1) is 9.85.